The van der Waals surface area contributed by atoms with Crippen LogP contribution in [-0.4, -0.2) is 25.6 Å². The molecule has 2 aromatic rings. The van der Waals surface area contributed by atoms with Gasteiger partial charge in [-0.05, 0) is 34.5 Å². The van der Waals surface area contributed by atoms with Crippen LogP contribution in [-0.2, 0) is 6.54 Å². The summed E-state index contributed by atoms with van der Waals surface area (Å²) in [7, 11) is 0. The maximum atomic E-state index is 4.09. The Bertz CT molecular complexity index is 443. The van der Waals surface area contributed by atoms with Crippen molar-refractivity contribution in [3.63, 3.8) is 0 Å². The molecule has 0 aliphatic heterocycles. The van der Waals surface area contributed by atoms with E-state index in [9.17, 15) is 0 Å². The molecule has 0 saturated carbocycles. The molecule has 6 nitrogen and oxygen atoms in total. The molecule has 0 amide bonds. The first kappa shape index (κ1) is 11.2. The van der Waals surface area contributed by atoms with Crippen molar-refractivity contribution in [2.24, 2.45) is 0 Å². The Labute approximate surface area is 101 Å². The van der Waals surface area contributed by atoms with Crippen molar-refractivity contribution >= 4 is 15.9 Å². The lowest BCUT2D eigenvalue weighted by Gasteiger charge is -2.09. The molecule has 7 heteroatoms. The molecule has 0 aliphatic carbocycles. The predicted molar refractivity (Wildman–Crippen MR) is 61.4 cm³/mol. The van der Waals surface area contributed by atoms with Gasteiger partial charge in [-0.15, -0.1) is 10.2 Å². The fourth-order valence-electron chi connectivity index (χ4n) is 1.27. The maximum Gasteiger partial charge on any atom is 0.191 e. The molecule has 2 N–H and O–H groups in total. The largest absolute Gasteiger partial charge is 0.303 e. The third-order valence-electron chi connectivity index (χ3n) is 2.12. The molecule has 1 atom stereocenters. The van der Waals surface area contributed by atoms with E-state index in [0.29, 0.717) is 12.4 Å². The van der Waals surface area contributed by atoms with Gasteiger partial charge < -0.3 is 5.32 Å². The van der Waals surface area contributed by atoms with Gasteiger partial charge in [0.05, 0.1) is 6.04 Å². The van der Waals surface area contributed by atoms with Gasteiger partial charge in [0.15, 0.2) is 5.82 Å². The summed E-state index contributed by atoms with van der Waals surface area (Å²) >= 11 is 3.38. The summed E-state index contributed by atoms with van der Waals surface area (Å²) in [6.07, 6.45) is 3.58. The van der Waals surface area contributed by atoms with Crippen LogP contribution in [0.25, 0.3) is 0 Å². The molecule has 0 bridgehead atoms. The Balaban J connectivity index is 1.92. The summed E-state index contributed by atoms with van der Waals surface area (Å²) in [5.74, 6) is 0.656. The Morgan fingerprint density at radius 2 is 2.38 bits per heavy atom. The summed E-state index contributed by atoms with van der Waals surface area (Å²) in [5.41, 5.74) is 1.10. The van der Waals surface area contributed by atoms with Crippen LogP contribution in [0.3, 0.4) is 0 Å². The van der Waals surface area contributed by atoms with E-state index in [4.69, 9.17) is 0 Å². The minimum atomic E-state index is 0.0535. The molecule has 0 radical (unpaired) electrons. The van der Waals surface area contributed by atoms with Crippen LogP contribution in [0.4, 0.5) is 0 Å². The fraction of sp³-hybridized carbons (Fsp3) is 0.333. The van der Waals surface area contributed by atoms with Gasteiger partial charge in [-0.1, -0.05) is 5.21 Å². The number of nitrogens with one attached hydrogen (secondary N) is 2. The zero-order valence-corrected chi connectivity index (χ0v) is 10.3. The molecule has 0 spiro atoms. The molecule has 0 fully saturated rings. The summed E-state index contributed by atoms with van der Waals surface area (Å²) in [6, 6.07) is 2.07. The van der Waals surface area contributed by atoms with Gasteiger partial charge in [-0.3, -0.25) is 4.98 Å². The van der Waals surface area contributed by atoms with Crippen molar-refractivity contribution in [1.82, 2.24) is 30.9 Å². The van der Waals surface area contributed by atoms with Gasteiger partial charge in [-0.25, -0.2) is 0 Å². The standard InChI is InChI=1S/C9H11BrN6/c1-6(9-13-15-16-14-9)12-4-7-2-8(10)5-11-3-7/h2-3,5-6,12H,4H2,1H3,(H,13,14,15,16). The zero-order valence-electron chi connectivity index (χ0n) is 8.68. The van der Waals surface area contributed by atoms with E-state index in [-0.39, 0.29) is 6.04 Å². The Kier molecular flexibility index (Phi) is 3.58. The highest BCUT2D eigenvalue weighted by atomic mass is 79.9. The second-order valence-corrected chi connectivity index (χ2v) is 4.30. The van der Waals surface area contributed by atoms with E-state index < -0.39 is 0 Å². The highest BCUT2D eigenvalue weighted by Gasteiger charge is 2.09. The smallest absolute Gasteiger partial charge is 0.191 e. The fourth-order valence-corrected chi connectivity index (χ4v) is 1.68. The molecular formula is C9H11BrN6. The Morgan fingerprint density at radius 3 is 3.06 bits per heavy atom. The summed E-state index contributed by atoms with van der Waals surface area (Å²) < 4.78 is 0.971. The van der Waals surface area contributed by atoms with Crippen molar-refractivity contribution in [2.45, 2.75) is 19.5 Å². The van der Waals surface area contributed by atoms with Crippen LogP contribution in [0.15, 0.2) is 22.9 Å². The van der Waals surface area contributed by atoms with Gasteiger partial charge in [0.25, 0.3) is 0 Å². The number of nitrogens with zero attached hydrogens (tertiary/aromatic N) is 4. The number of halogens is 1. The lowest BCUT2D eigenvalue weighted by molar-refractivity contribution is 0.546. The van der Waals surface area contributed by atoms with Crippen molar-refractivity contribution in [3.8, 4) is 0 Å². The summed E-state index contributed by atoms with van der Waals surface area (Å²) in [5, 5.41) is 17.0. The van der Waals surface area contributed by atoms with Crippen molar-refractivity contribution in [2.75, 3.05) is 0 Å². The highest BCUT2D eigenvalue weighted by Crippen LogP contribution is 2.11. The average Bonchev–Trinajstić information content (AvgIpc) is 2.79. The zero-order chi connectivity index (χ0) is 11.4. The van der Waals surface area contributed by atoms with E-state index in [0.717, 1.165) is 10.0 Å². The van der Waals surface area contributed by atoms with Crippen molar-refractivity contribution in [1.29, 1.82) is 0 Å². The summed E-state index contributed by atoms with van der Waals surface area (Å²) in [4.78, 5) is 4.09. The minimum Gasteiger partial charge on any atom is -0.303 e. The van der Waals surface area contributed by atoms with Gasteiger partial charge in [0, 0.05) is 23.4 Å². The third kappa shape index (κ3) is 2.83. The van der Waals surface area contributed by atoms with Crippen LogP contribution in [0.2, 0.25) is 0 Å². The number of hydrogen-bond donors (Lipinski definition) is 2. The normalized spacial score (nSPS) is 12.6. The van der Waals surface area contributed by atoms with Crippen LogP contribution in [0.5, 0.6) is 0 Å². The Hall–Kier alpha value is -1.34. The predicted octanol–water partition coefficient (Wildman–Crippen LogP) is 1.21. The number of H-pyrrole nitrogens is 1. The van der Waals surface area contributed by atoms with Crippen molar-refractivity contribution in [3.05, 3.63) is 34.3 Å². The first-order valence-electron chi connectivity index (χ1n) is 4.82. The molecule has 0 saturated heterocycles. The van der Waals surface area contributed by atoms with E-state index in [2.05, 4.69) is 46.9 Å². The molecule has 0 aromatic carbocycles. The molecule has 16 heavy (non-hydrogen) atoms. The molecule has 84 valence electrons. The van der Waals surface area contributed by atoms with Gasteiger partial charge in [-0.2, -0.15) is 5.21 Å². The molecule has 2 rings (SSSR count). The topological polar surface area (TPSA) is 79.4 Å². The van der Waals surface area contributed by atoms with Crippen LogP contribution < -0.4 is 5.32 Å². The number of aromatic nitrogens is 5. The van der Waals surface area contributed by atoms with Crippen LogP contribution in [0, 0.1) is 0 Å². The molecule has 1 unspecified atom stereocenters. The monoisotopic (exact) mass is 282 g/mol. The number of tetrazole rings is 1. The second-order valence-electron chi connectivity index (χ2n) is 3.38. The molecule has 2 heterocycles. The number of pyridine rings is 1. The molecule has 0 aliphatic rings. The van der Waals surface area contributed by atoms with Crippen molar-refractivity contribution < 1.29 is 0 Å². The quantitative estimate of drug-likeness (QED) is 0.881. The third-order valence-corrected chi connectivity index (χ3v) is 2.56. The number of rotatable bonds is 4. The first-order chi connectivity index (χ1) is 7.75. The Morgan fingerprint density at radius 1 is 1.50 bits per heavy atom. The SMILES string of the molecule is CC(NCc1cncc(Br)c1)c1nn[nH]n1. The van der Waals surface area contributed by atoms with Gasteiger partial charge >= 0.3 is 0 Å². The number of hydrogen-bond acceptors (Lipinski definition) is 5. The van der Waals surface area contributed by atoms with E-state index >= 15 is 0 Å². The molecule has 2 aromatic heterocycles. The summed E-state index contributed by atoms with van der Waals surface area (Å²) in [6.45, 7) is 2.69. The number of aromatic amines is 1. The van der Waals surface area contributed by atoms with Crippen LogP contribution >= 0.6 is 15.9 Å². The minimum absolute atomic E-state index is 0.0535. The van der Waals surface area contributed by atoms with E-state index in [1.807, 2.05) is 19.2 Å². The average molecular weight is 283 g/mol. The van der Waals surface area contributed by atoms with Gasteiger partial charge in [0.2, 0.25) is 0 Å². The maximum absolute atomic E-state index is 4.09. The highest BCUT2D eigenvalue weighted by molar-refractivity contribution is 9.10. The second kappa shape index (κ2) is 5.13. The molecular weight excluding hydrogens is 272 g/mol. The lowest BCUT2D eigenvalue weighted by Crippen LogP contribution is -2.19. The lowest BCUT2D eigenvalue weighted by atomic mass is 10.2. The first-order valence-corrected chi connectivity index (χ1v) is 5.61. The van der Waals surface area contributed by atoms with Crippen LogP contribution in [0.1, 0.15) is 24.4 Å². The van der Waals surface area contributed by atoms with E-state index in [1.54, 1.807) is 6.20 Å². The van der Waals surface area contributed by atoms with E-state index in [1.165, 1.54) is 0 Å². The van der Waals surface area contributed by atoms with Gasteiger partial charge in [0.1, 0.15) is 0 Å².